The van der Waals surface area contributed by atoms with Gasteiger partial charge in [0.2, 0.25) is 0 Å². The zero-order chi connectivity index (χ0) is 23.5. The van der Waals surface area contributed by atoms with Gasteiger partial charge in [-0.15, -0.1) is 10.2 Å². The van der Waals surface area contributed by atoms with Crippen molar-refractivity contribution in [3.8, 4) is 22.6 Å². The van der Waals surface area contributed by atoms with E-state index in [1.54, 1.807) is 29.2 Å². The number of halogens is 1. The molecule has 0 spiro atoms. The van der Waals surface area contributed by atoms with Crippen molar-refractivity contribution in [3.63, 3.8) is 0 Å². The molecule has 1 aliphatic rings. The van der Waals surface area contributed by atoms with Crippen LogP contribution in [0, 0.1) is 0 Å². The molecule has 2 aromatic carbocycles. The number of benzene rings is 2. The summed E-state index contributed by atoms with van der Waals surface area (Å²) in [4.78, 5) is 36.3. The van der Waals surface area contributed by atoms with Crippen molar-refractivity contribution >= 4 is 23.3 Å². The molecular formula is C25H21ClN6O2. The minimum Gasteiger partial charge on any atom is -0.352 e. The first-order valence-electron chi connectivity index (χ1n) is 10.9. The monoisotopic (exact) mass is 472 g/mol. The Hall–Kier alpha value is -4.04. The molecular weight excluding hydrogens is 452 g/mol. The number of amides is 1. The van der Waals surface area contributed by atoms with E-state index in [-0.39, 0.29) is 11.5 Å². The molecule has 2 aromatic heterocycles. The van der Waals surface area contributed by atoms with Crippen LogP contribution in [-0.2, 0) is 0 Å². The van der Waals surface area contributed by atoms with Gasteiger partial charge in [-0.1, -0.05) is 41.9 Å². The van der Waals surface area contributed by atoms with E-state index in [1.165, 1.54) is 6.20 Å². The number of nitrogens with zero attached hydrogens (tertiary/aromatic N) is 5. The number of hydrogen-bond acceptors (Lipinski definition) is 6. The van der Waals surface area contributed by atoms with E-state index < -0.39 is 5.56 Å². The number of carbonyl (C=O) groups is 1. The lowest BCUT2D eigenvalue weighted by atomic mass is 10.1. The van der Waals surface area contributed by atoms with Crippen LogP contribution >= 0.6 is 11.6 Å². The van der Waals surface area contributed by atoms with Crippen LogP contribution in [0.2, 0.25) is 5.02 Å². The summed E-state index contributed by atoms with van der Waals surface area (Å²) < 4.78 is 0. The van der Waals surface area contributed by atoms with Gasteiger partial charge in [0.1, 0.15) is 11.4 Å². The smallest absolute Gasteiger partial charge is 0.264 e. The highest BCUT2D eigenvalue weighted by Gasteiger charge is 2.25. The normalized spacial score (nSPS) is 13.7. The summed E-state index contributed by atoms with van der Waals surface area (Å²) in [6.45, 7) is 2.14. The molecule has 1 amide bonds. The second-order valence-electron chi connectivity index (χ2n) is 7.90. The van der Waals surface area contributed by atoms with Crippen LogP contribution in [0.5, 0.6) is 0 Å². The number of aromatic nitrogens is 4. The molecule has 5 rings (SSSR count). The number of aromatic amines is 1. The summed E-state index contributed by atoms with van der Waals surface area (Å²) in [5.41, 5.74) is 2.10. The Labute approximate surface area is 200 Å². The van der Waals surface area contributed by atoms with Gasteiger partial charge in [0.05, 0.1) is 5.69 Å². The van der Waals surface area contributed by atoms with E-state index >= 15 is 0 Å². The number of H-pyrrole nitrogens is 1. The summed E-state index contributed by atoms with van der Waals surface area (Å²) in [5.74, 6) is 0.820. The number of nitrogens with one attached hydrogen (secondary N) is 1. The quantitative estimate of drug-likeness (QED) is 0.488. The molecule has 34 heavy (non-hydrogen) atoms. The van der Waals surface area contributed by atoms with Crippen molar-refractivity contribution in [3.05, 3.63) is 93.9 Å². The van der Waals surface area contributed by atoms with Gasteiger partial charge in [0.25, 0.3) is 11.5 Å². The Kier molecular flexibility index (Phi) is 6.05. The Morgan fingerprint density at radius 1 is 0.853 bits per heavy atom. The second-order valence-corrected chi connectivity index (χ2v) is 8.34. The fourth-order valence-electron chi connectivity index (χ4n) is 3.87. The van der Waals surface area contributed by atoms with E-state index in [9.17, 15) is 9.59 Å². The molecule has 9 heteroatoms. The molecule has 0 aliphatic carbocycles. The van der Waals surface area contributed by atoms with Crippen molar-refractivity contribution in [2.45, 2.75) is 0 Å². The third-order valence-electron chi connectivity index (χ3n) is 5.76. The largest absolute Gasteiger partial charge is 0.352 e. The minimum atomic E-state index is -0.463. The van der Waals surface area contributed by atoms with Crippen LogP contribution in [-0.4, -0.2) is 57.2 Å². The summed E-state index contributed by atoms with van der Waals surface area (Å²) in [6.07, 6.45) is 1.34. The molecule has 1 aliphatic heterocycles. The van der Waals surface area contributed by atoms with Crippen molar-refractivity contribution < 1.29 is 4.79 Å². The molecule has 4 aromatic rings. The van der Waals surface area contributed by atoms with Crippen LogP contribution in [0.1, 0.15) is 10.4 Å². The Morgan fingerprint density at radius 3 is 2.24 bits per heavy atom. The number of hydrogen-bond donors (Lipinski definition) is 1. The molecule has 1 fully saturated rings. The van der Waals surface area contributed by atoms with Gasteiger partial charge < -0.3 is 14.8 Å². The maximum Gasteiger partial charge on any atom is 0.264 e. The standard InChI is InChI=1S/C25H21ClN6O2/c26-19-8-6-18(7-9-19)23-27-16-20(24(33)28-23)25(34)32-14-12-31(13-15-32)22-11-10-21(29-30-22)17-4-2-1-3-5-17/h1-11,16H,12-15H2,(H,27,28,33). The lowest BCUT2D eigenvalue weighted by molar-refractivity contribution is 0.0744. The van der Waals surface area contributed by atoms with E-state index in [1.807, 2.05) is 42.5 Å². The first-order valence-corrected chi connectivity index (χ1v) is 11.2. The van der Waals surface area contributed by atoms with Gasteiger partial charge in [-0.05, 0) is 36.4 Å². The zero-order valence-electron chi connectivity index (χ0n) is 18.2. The predicted molar refractivity (Wildman–Crippen MR) is 131 cm³/mol. The summed E-state index contributed by atoms with van der Waals surface area (Å²) in [6, 6.07) is 20.7. The highest BCUT2D eigenvalue weighted by molar-refractivity contribution is 6.30. The number of rotatable bonds is 4. The van der Waals surface area contributed by atoms with Crippen molar-refractivity contribution in [1.29, 1.82) is 0 Å². The maximum atomic E-state index is 13.0. The molecule has 1 saturated heterocycles. The average molecular weight is 473 g/mol. The van der Waals surface area contributed by atoms with Gasteiger partial charge in [-0.3, -0.25) is 9.59 Å². The minimum absolute atomic E-state index is 0.0261. The highest BCUT2D eigenvalue weighted by Crippen LogP contribution is 2.20. The Morgan fingerprint density at radius 2 is 1.59 bits per heavy atom. The molecule has 0 radical (unpaired) electrons. The number of carbonyl (C=O) groups excluding carboxylic acids is 1. The molecule has 0 bridgehead atoms. The van der Waals surface area contributed by atoms with E-state index in [2.05, 4.69) is 25.1 Å². The fourth-order valence-corrected chi connectivity index (χ4v) is 3.99. The van der Waals surface area contributed by atoms with Crippen LogP contribution in [0.3, 0.4) is 0 Å². The molecule has 0 unspecified atom stereocenters. The first-order chi connectivity index (χ1) is 16.6. The van der Waals surface area contributed by atoms with E-state index in [4.69, 9.17) is 11.6 Å². The summed E-state index contributed by atoms with van der Waals surface area (Å²) in [5, 5.41) is 9.30. The molecule has 0 atom stereocenters. The molecule has 170 valence electrons. The highest BCUT2D eigenvalue weighted by atomic mass is 35.5. The van der Waals surface area contributed by atoms with Gasteiger partial charge in [0.15, 0.2) is 5.82 Å². The Balaban J connectivity index is 1.24. The summed E-state index contributed by atoms with van der Waals surface area (Å²) >= 11 is 5.91. The topological polar surface area (TPSA) is 95.1 Å². The van der Waals surface area contributed by atoms with Gasteiger partial charge >= 0.3 is 0 Å². The van der Waals surface area contributed by atoms with Gasteiger partial charge in [0, 0.05) is 48.5 Å². The van der Waals surface area contributed by atoms with Crippen LogP contribution in [0.4, 0.5) is 5.82 Å². The molecule has 3 heterocycles. The third-order valence-corrected chi connectivity index (χ3v) is 6.01. The predicted octanol–water partition coefficient (Wildman–Crippen LogP) is 3.51. The van der Waals surface area contributed by atoms with Crippen LogP contribution in [0.15, 0.2) is 77.7 Å². The van der Waals surface area contributed by atoms with Crippen molar-refractivity contribution in [2.24, 2.45) is 0 Å². The SMILES string of the molecule is O=C(c1cnc(-c2ccc(Cl)cc2)[nH]c1=O)N1CCN(c2ccc(-c3ccccc3)nn2)CC1. The Bertz CT molecular complexity index is 1350. The van der Waals surface area contributed by atoms with Crippen molar-refractivity contribution in [2.75, 3.05) is 31.1 Å². The molecule has 0 saturated carbocycles. The lowest BCUT2D eigenvalue weighted by Gasteiger charge is -2.35. The molecule has 8 nitrogen and oxygen atoms in total. The van der Waals surface area contributed by atoms with Crippen molar-refractivity contribution in [1.82, 2.24) is 25.1 Å². The third kappa shape index (κ3) is 4.53. The van der Waals surface area contributed by atoms with Gasteiger partial charge in [-0.2, -0.15) is 0 Å². The molecule has 1 N–H and O–H groups in total. The zero-order valence-corrected chi connectivity index (χ0v) is 18.9. The average Bonchev–Trinajstić information content (AvgIpc) is 2.89. The van der Waals surface area contributed by atoms with Gasteiger partial charge in [-0.25, -0.2) is 4.98 Å². The number of piperazine rings is 1. The van der Waals surface area contributed by atoms with E-state index in [0.29, 0.717) is 42.6 Å². The number of anilines is 1. The maximum absolute atomic E-state index is 13.0. The van der Waals surface area contributed by atoms with E-state index in [0.717, 1.165) is 17.1 Å². The first kappa shape index (κ1) is 21.8. The van der Waals surface area contributed by atoms with Crippen LogP contribution in [0.25, 0.3) is 22.6 Å². The summed E-state index contributed by atoms with van der Waals surface area (Å²) in [7, 11) is 0. The second kappa shape index (κ2) is 9.44. The fraction of sp³-hybridized carbons (Fsp3) is 0.160. The lowest BCUT2D eigenvalue weighted by Crippen LogP contribution is -2.50. The van der Waals surface area contributed by atoms with Crippen LogP contribution < -0.4 is 10.5 Å².